The summed E-state index contributed by atoms with van der Waals surface area (Å²) >= 11 is 0. The number of fused-ring (bicyclic) bond motifs is 1. The van der Waals surface area contributed by atoms with Crippen molar-refractivity contribution in [3.8, 4) is 11.8 Å². The van der Waals surface area contributed by atoms with Gasteiger partial charge in [0.25, 0.3) is 5.91 Å². The summed E-state index contributed by atoms with van der Waals surface area (Å²) in [6.07, 6.45) is 2.81. The maximum Gasteiger partial charge on any atom is 0.322 e. The third kappa shape index (κ3) is 3.67. The van der Waals surface area contributed by atoms with Crippen LogP contribution in [0, 0.1) is 0 Å². The number of hydrogen-bond donors (Lipinski definition) is 1. The van der Waals surface area contributed by atoms with Gasteiger partial charge in [-0.05, 0) is 24.3 Å². The first-order valence-electron chi connectivity index (χ1n) is 8.08. The molecule has 27 heavy (non-hydrogen) atoms. The van der Waals surface area contributed by atoms with Crippen LogP contribution in [0.2, 0.25) is 0 Å². The van der Waals surface area contributed by atoms with Crippen LogP contribution in [0.4, 0.5) is 5.69 Å². The normalized spacial score (nSPS) is 10.5. The van der Waals surface area contributed by atoms with Crippen molar-refractivity contribution in [2.75, 3.05) is 5.32 Å². The zero-order valence-electron chi connectivity index (χ0n) is 14.0. The molecule has 4 aromatic rings. The van der Waals surface area contributed by atoms with Gasteiger partial charge in [-0.25, -0.2) is 9.97 Å². The summed E-state index contributed by atoms with van der Waals surface area (Å²) in [7, 11) is 0. The Labute approximate surface area is 153 Å². The van der Waals surface area contributed by atoms with Crippen LogP contribution in [0.25, 0.3) is 11.0 Å². The topological polar surface area (TPSA) is 94.3 Å². The Bertz CT molecular complexity index is 1160. The minimum Gasteiger partial charge on any atom is -0.451 e. The van der Waals surface area contributed by atoms with Crippen LogP contribution in [-0.4, -0.2) is 15.9 Å². The van der Waals surface area contributed by atoms with Crippen molar-refractivity contribution in [2.45, 2.75) is 0 Å². The summed E-state index contributed by atoms with van der Waals surface area (Å²) in [6, 6.07) is 17.1. The van der Waals surface area contributed by atoms with Crippen LogP contribution in [0.15, 0.2) is 82.3 Å². The van der Waals surface area contributed by atoms with E-state index in [4.69, 9.17) is 9.15 Å². The number of nitrogens with one attached hydrogen (secondary N) is 1. The first-order chi connectivity index (χ1) is 13.2. The lowest BCUT2D eigenvalue weighted by Gasteiger charge is -2.06. The summed E-state index contributed by atoms with van der Waals surface area (Å²) < 4.78 is 11.0. The number of nitrogens with zero attached hydrogens (tertiary/aromatic N) is 2. The minimum atomic E-state index is -0.571. The summed E-state index contributed by atoms with van der Waals surface area (Å²) in [5, 5.41) is 3.01. The lowest BCUT2D eigenvalue weighted by atomic mass is 10.2. The lowest BCUT2D eigenvalue weighted by molar-refractivity contribution is 0.0997. The van der Waals surface area contributed by atoms with Gasteiger partial charge in [0.05, 0.1) is 23.5 Å². The summed E-state index contributed by atoms with van der Waals surface area (Å²) in [5.74, 6) is -0.0614. The number of amides is 1. The zero-order valence-corrected chi connectivity index (χ0v) is 14.0. The van der Waals surface area contributed by atoms with E-state index >= 15 is 0 Å². The number of carbonyl (C=O) groups is 1. The van der Waals surface area contributed by atoms with Gasteiger partial charge in [0.1, 0.15) is 11.3 Å². The highest BCUT2D eigenvalue weighted by Crippen LogP contribution is 2.18. The third-order valence-electron chi connectivity index (χ3n) is 3.70. The van der Waals surface area contributed by atoms with Crippen molar-refractivity contribution in [1.82, 2.24) is 9.97 Å². The van der Waals surface area contributed by atoms with Gasteiger partial charge in [0, 0.05) is 6.07 Å². The zero-order chi connectivity index (χ0) is 18.6. The Morgan fingerprint density at radius 3 is 2.44 bits per heavy atom. The van der Waals surface area contributed by atoms with E-state index < -0.39 is 5.91 Å². The maximum atomic E-state index is 12.4. The maximum absolute atomic E-state index is 12.4. The number of ether oxygens (including phenoxy) is 1. The molecule has 7 heteroatoms. The Kier molecular flexibility index (Phi) is 4.32. The van der Waals surface area contributed by atoms with E-state index in [-0.39, 0.29) is 17.2 Å². The monoisotopic (exact) mass is 359 g/mol. The second-order valence-electron chi connectivity index (χ2n) is 5.59. The molecule has 0 saturated heterocycles. The molecule has 0 fully saturated rings. The molecular weight excluding hydrogens is 346 g/mol. The first kappa shape index (κ1) is 16.5. The van der Waals surface area contributed by atoms with Crippen LogP contribution in [0.5, 0.6) is 11.8 Å². The smallest absolute Gasteiger partial charge is 0.322 e. The number of benzene rings is 2. The molecule has 0 radical (unpaired) electrons. The highest BCUT2D eigenvalue weighted by molar-refractivity contribution is 6.02. The molecule has 2 heterocycles. The van der Waals surface area contributed by atoms with Crippen molar-refractivity contribution in [2.24, 2.45) is 0 Å². The Morgan fingerprint density at radius 2 is 1.67 bits per heavy atom. The van der Waals surface area contributed by atoms with Crippen molar-refractivity contribution >= 4 is 22.6 Å². The largest absolute Gasteiger partial charge is 0.451 e. The fourth-order valence-corrected chi connectivity index (χ4v) is 2.44. The SMILES string of the molecule is O=C(Nc1cnc(Oc2ccccc2)nc1)c1cc(=O)c2ccccc2o1. The number of anilines is 1. The molecule has 0 saturated carbocycles. The third-order valence-corrected chi connectivity index (χ3v) is 3.70. The quantitative estimate of drug-likeness (QED) is 0.598. The van der Waals surface area contributed by atoms with Crippen LogP contribution >= 0.6 is 0 Å². The van der Waals surface area contributed by atoms with E-state index in [1.165, 1.54) is 12.4 Å². The highest BCUT2D eigenvalue weighted by Gasteiger charge is 2.13. The van der Waals surface area contributed by atoms with Crippen molar-refractivity contribution < 1.29 is 13.9 Å². The standard InChI is InChI=1S/C20H13N3O4/c24-16-10-18(27-17-9-5-4-8-15(16)17)19(25)23-13-11-21-20(22-12-13)26-14-6-2-1-3-7-14/h1-12H,(H,23,25). The van der Waals surface area contributed by atoms with Crippen molar-refractivity contribution in [3.63, 3.8) is 0 Å². The fourth-order valence-electron chi connectivity index (χ4n) is 2.44. The minimum absolute atomic E-state index is 0.0942. The first-order valence-corrected chi connectivity index (χ1v) is 8.08. The van der Waals surface area contributed by atoms with Crippen molar-refractivity contribution in [3.05, 3.63) is 89.0 Å². The molecule has 2 aromatic carbocycles. The molecule has 1 amide bonds. The Morgan fingerprint density at radius 1 is 0.963 bits per heavy atom. The molecule has 2 aromatic heterocycles. The van der Waals surface area contributed by atoms with Gasteiger partial charge in [-0.2, -0.15) is 0 Å². The van der Waals surface area contributed by atoms with Gasteiger partial charge in [0.15, 0.2) is 11.2 Å². The molecule has 1 N–H and O–H groups in total. The van der Waals surface area contributed by atoms with Gasteiger partial charge in [0.2, 0.25) is 0 Å². The number of hydrogen-bond acceptors (Lipinski definition) is 6. The van der Waals surface area contributed by atoms with Crippen LogP contribution in [0.3, 0.4) is 0 Å². The predicted molar refractivity (Wildman–Crippen MR) is 99.0 cm³/mol. The van der Waals surface area contributed by atoms with Crippen LogP contribution in [-0.2, 0) is 0 Å². The van der Waals surface area contributed by atoms with E-state index in [1.54, 1.807) is 36.4 Å². The Hall–Kier alpha value is -4.00. The van der Waals surface area contributed by atoms with Gasteiger partial charge in [-0.1, -0.05) is 30.3 Å². The van der Waals surface area contributed by atoms with E-state index in [9.17, 15) is 9.59 Å². The van der Waals surface area contributed by atoms with E-state index in [2.05, 4.69) is 15.3 Å². The number of aromatic nitrogens is 2. The number of rotatable bonds is 4. The second kappa shape index (κ2) is 7.09. The fraction of sp³-hybridized carbons (Fsp3) is 0. The second-order valence-corrected chi connectivity index (χ2v) is 5.59. The highest BCUT2D eigenvalue weighted by atomic mass is 16.5. The van der Waals surface area contributed by atoms with E-state index in [0.717, 1.165) is 6.07 Å². The average Bonchev–Trinajstić information content (AvgIpc) is 2.70. The van der Waals surface area contributed by atoms with Crippen molar-refractivity contribution in [1.29, 1.82) is 0 Å². The molecule has 0 unspecified atom stereocenters. The van der Waals surface area contributed by atoms with Gasteiger partial charge >= 0.3 is 6.01 Å². The average molecular weight is 359 g/mol. The van der Waals surface area contributed by atoms with Crippen LogP contribution < -0.4 is 15.5 Å². The summed E-state index contributed by atoms with van der Waals surface area (Å²) in [4.78, 5) is 32.5. The predicted octanol–water partition coefficient (Wildman–Crippen LogP) is 3.63. The summed E-state index contributed by atoms with van der Waals surface area (Å²) in [5.41, 5.74) is 0.402. The molecule has 0 spiro atoms. The molecule has 0 aliphatic carbocycles. The molecule has 0 aliphatic rings. The molecule has 7 nitrogen and oxygen atoms in total. The molecule has 0 aliphatic heterocycles. The number of carbonyl (C=O) groups excluding carboxylic acids is 1. The van der Waals surface area contributed by atoms with Gasteiger partial charge < -0.3 is 14.5 Å². The van der Waals surface area contributed by atoms with Crippen LogP contribution in [0.1, 0.15) is 10.6 Å². The Balaban J connectivity index is 1.50. The molecule has 4 rings (SSSR count). The molecular formula is C20H13N3O4. The summed E-state index contributed by atoms with van der Waals surface area (Å²) in [6.45, 7) is 0. The lowest BCUT2D eigenvalue weighted by Crippen LogP contribution is -2.15. The number of para-hydroxylation sites is 2. The van der Waals surface area contributed by atoms with Gasteiger partial charge in [-0.15, -0.1) is 0 Å². The molecule has 0 atom stereocenters. The van der Waals surface area contributed by atoms with E-state index in [1.807, 2.05) is 18.2 Å². The van der Waals surface area contributed by atoms with Gasteiger partial charge in [-0.3, -0.25) is 9.59 Å². The molecule has 132 valence electrons. The van der Waals surface area contributed by atoms with E-state index in [0.29, 0.717) is 22.4 Å². The molecule has 0 bridgehead atoms.